The molecule has 0 bridgehead atoms. The summed E-state index contributed by atoms with van der Waals surface area (Å²) in [4.78, 5) is 14.9. The highest BCUT2D eigenvalue weighted by molar-refractivity contribution is 6.26. The van der Waals surface area contributed by atoms with Crippen molar-refractivity contribution in [2.45, 2.75) is 0 Å². The van der Waals surface area contributed by atoms with E-state index >= 15 is 0 Å². The molecule has 0 aliphatic carbocycles. The van der Waals surface area contributed by atoms with Gasteiger partial charge < -0.3 is 9.13 Å². The van der Waals surface area contributed by atoms with Crippen molar-refractivity contribution in [2.75, 3.05) is 0 Å². The molecule has 0 aliphatic heterocycles. The number of aromatic nitrogens is 5. The van der Waals surface area contributed by atoms with Crippen LogP contribution in [0.1, 0.15) is 0 Å². The number of nitrogens with zero attached hydrogens (tertiary/aromatic N) is 5. The van der Waals surface area contributed by atoms with E-state index in [-0.39, 0.29) is 0 Å². The van der Waals surface area contributed by atoms with Crippen molar-refractivity contribution < 1.29 is 0 Å². The summed E-state index contributed by atoms with van der Waals surface area (Å²) in [5.41, 5.74) is 12.1. The van der Waals surface area contributed by atoms with Crippen LogP contribution in [0.15, 0.2) is 200 Å². The molecule has 11 aromatic rings. The van der Waals surface area contributed by atoms with Crippen LogP contribution in [0, 0.1) is 0 Å². The molecule has 0 saturated carbocycles. The highest BCUT2D eigenvalue weighted by Gasteiger charge is 2.21. The highest BCUT2D eigenvalue weighted by atomic mass is 15.0. The lowest BCUT2D eigenvalue weighted by Crippen LogP contribution is -2.00. The van der Waals surface area contributed by atoms with Gasteiger partial charge in [-0.25, -0.2) is 15.0 Å². The Morgan fingerprint density at radius 2 is 0.679 bits per heavy atom. The second-order valence-electron chi connectivity index (χ2n) is 14.1. The quantitative estimate of drug-likeness (QED) is 0.172. The molecule has 0 amide bonds. The minimum Gasteiger partial charge on any atom is -0.309 e. The van der Waals surface area contributed by atoms with Crippen LogP contribution < -0.4 is 0 Å². The maximum atomic E-state index is 4.99. The SMILES string of the molecule is c1ccc(-c2ccc(-n3c4ccccc4c4c3ccc3c5ccccc5n(-c5ccc(-c6nc(-c7ccccc7)nc(-c7ccccc7)n6)cc5)c34)cc2)cc1. The molecule has 3 aromatic heterocycles. The van der Waals surface area contributed by atoms with Crippen LogP contribution in [-0.4, -0.2) is 24.1 Å². The zero-order chi connectivity index (χ0) is 37.0. The van der Waals surface area contributed by atoms with Gasteiger partial charge in [0.05, 0.1) is 22.1 Å². The van der Waals surface area contributed by atoms with Gasteiger partial charge in [-0.2, -0.15) is 0 Å². The van der Waals surface area contributed by atoms with E-state index in [0.29, 0.717) is 17.5 Å². The Morgan fingerprint density at radius 1 is 0.268 bits per heavy atom. The zero-order valence-corrected chi connectivity index (χ0v) is 30.3. The van der Waals surface area contributed by atoms with Crippen LogP contribution in [0.3, 0.4) is 0 Å². The molecular formula is C51H33N5. The Bertz CT molecular complexity index is 3140. The third-order valence-electron chi connectivity index (χ3n) is 10.8. The van der Waals surface area contributed by atoms with Crippen molar-refractivity contribution in [3.8, 4) is 56.7 Å². The molecule has 8 aromatic carbocycles. The van der Waals surface area contributed by atoms with Gasteiger partial charge in [0.15, 0.2) is 17.5 Å². The Balaban J connectivity index is 1.10. The zero-order valence-electron chi connectivity index (χ0n) is 30.3. The first-order chi connectivity index (χ1) is 27.8. The van der Waals surface area contributed by atoms with Gasteiger partial charge in [0.2, 0.25) is 0 Å². The number of rotatable bonds is 6. The minimum absolute atomic E-state index is 0.634. The molecule has 0 saturated heterocycles. The fraction of sp³-hybridized carbons (Fsp3) is 0. The normalized spacial score (nSPS) is 11.6. The van der Waals surface area contributed by atoms with E-state index in [0.717, 1.165) is 33.6 Å². The summed E-state index contributed by atoms with van der Waals surface area (Å²) in [5, 5.41) is 4.88. The van der Waals surface area contributed by atoms with E-state index in [1.165, 1.54) is 49.2 Å². The summed E-state index contributed by atoms with van der Waals surface area (Å²) in [7, 11) is 0. The molecule has 11 rings (SSSR count). The summed E-state index contributed by atoms with van der Waals surface area (Å²) in [6.07, 6.45) is 0. The fourth-order valence-electron chi connectivity index (χ4n) is 8.19. The topological polar surface area (TPSA) is 48.5 Å². The van der Waals surface area contributed by atoms with Gasteiger partial charge in [0.25, 0.3) is 0 Å². The summed E-state index contributed by atoms with van der Waals surface area (Å²) in [6, 6.07) is 70.4. The van der Waals surface area contributed by atoms with Crippen LogP contribution in [0.4, 0.5) is 0 Å². The molecule has 0 aliphatic rings. The lowest BCUT2D eigenvalue weighted by Gasteiger charge is -2.12. The highest BCUT2D eigenvalue weighted by Crippen LogP contribution is 2.42. The Morgan fingerprint density at radius 3 is 1.25 bits per heavy atom. The second kappa shape index (κ2) is 13.0. The largest absolute Gasteiger partial charge is 0.309 e. The van der Waals surface area contributed by atoms with Gasteiger partial charge in [-0.05, 0) is 65.7 Å². The van der Waals surface area contributed by atoms with Crippen LogP contribution in [0.5, 0.6) is 0 Å². The molecule has 0 atom stereocenters. The maximum absolute atomic E-state index is 4.99. The molecule has 262 valence electrons. The van der Waals surface area contributed by atoms with Crippen LogP contribution in [-0.2, 0) is 0 Å². The number of hydrogen-bond acceptors (Lipinski definition) is 3. The monoisotopic (exact) mass is 715 g/mol. The molecule has 0 fully saturated rings. The average molecular weight is 716 g/mol. The van der Waals surface area contributed by atoms with Crippen LogP contribution >= 0.6 is 0 Å². The van der Waals surface area contributed by atoms with Gasteiger partial charge in [0.1, 0.15) is 0 Å². The van der Waals surface area contributed by atoms with Gasteiger partial charge in [0, 0.05) is 49.6 Å². The van der Waals surface area contributed by atoms with E-state index in [1.54, 1.807) is 0 Å². The number of fused-ring (bicyclic) bond motifs is 7. The number of benzene rings is 8. The van der Waals surface area contributed by atoms with E-state index in [2.05, 4.69) is 149 Å². The first kappa shape index (κ1) is 31.9. The predicted octanol–water partition coefficient (Wildman–Crippen LogP) is 12.7. The molecule has 0 unspecified atom stereocenters. The van der Waals surface area contributed by atoms with E-state index < -0.39 is 0 Å². The molecule has 5 nitrogen and oxygen atoms in total. The lowest BCUT2D eigenvalue weighted by atomic mass is 10.1. The third-order valence-corrected chi connectivity index (χ3v) is 10.8. The Kier molecular flexibility index (Phi) is 7.42. The molecular weight excluding hydrogens is 683 g/mol. The van der Waals surface area contributed by atoms with Crippen molar-refractivity contribution in [2.24, 2.45) is 0 Å². The molecule has 0 radical (unpaired) electrons. The van der Waals surface area contributed by atoms with Crippen LogP contribution in [0.25, 0.3) is 100 Å². The number of para-hydroxylation sites is 2. The average Bonchev–Trinajstić information content (AvgIpc) is 3.80. The second-order valence-corrected chi connectivity index (χ2v) is 14.1. The Labute approximate surface area is 323 Å². The van der Waals surface area contributed by atoms with Crippen molar-refractivity contribution >= 4 is 43.6 Å². The van der Waals surface area contributed by atoms with E-state index in [9.17, 15) is 0 Å². The summed E-state index contributed by atoms with van der Waals surface area (Å²) < 4.78 is 4.82. The first-order valence-corrected chi connectivity index (χ1v) is 18.9. The Hall–Kier alpha value is -7.63. The third kappa shape index (κ3) is 5.21. The molecule has 56 heavy (non-hydrogen) atoms. The maximum Gasteiger partial charge on any atom is 0.164 e. The van der Waals surface area contributed by atoms with Crippen molar-refractivity contribution in [1.29, 1.82) is 0 Å². The summed E-state index contributed by atoms with van der Waals surface area (Å²) >= 11 is 0. The van der Waals surface area contributed by atoms with Gasteiger partial charge in [-0.1, -0.05) is 146 Å². The van der Waals surface area contributed by atoms with Crippen molar-refractivity contribution in [3.05, 3.63) is 200 Å². The smallest absolute Gasteiger partial charge is 0.164 e. The van der Waals surface area contributed by atoms with Crippen LogP contribution in [0.2, 0.25) is 0 Å². The van der Waals surface area contributed by atoms with Crippen molar-refractivity contribution in [1.82, 2.24) is 24.1 Å². The first-order valence-electron chi connectivity index (χ1n) is 18.9. The standard InChI is InChI=1S/C51H33N5/c1-4-14-34(15-5-1)35-24-28-39(29-25-35)55-45-23-13-11-21-43(45)47-46(55)33-32-42-41-20-10-12-22-44(41)56(48(42)47)40-30-26-38(27-31-40)51-53-49(36-16-6-2-7-17-36)52-50(54-51)37-18-8-3-9-19-37/h1-33H. The van der Waals surface area contributed by atoms with E-state index in [4.69, 9.17) is 15.0 Å². The van der Waals surface area contributed by atoms with Gasteiger partial charge in [-0.15, -0.1) is 0 Å². The minimum atomic E-state index is 0.634. The molecule has 3 heterocycles. The number of hydrogen-bond donors (Lipinski definition) is 0. The summed E-state index contributed by atoms with van der Waals surface area (Å²) in [5.74, 6) is 1.93. The summed E-state index contributed by atoms with van der Waals surface area (Å²) in [6.45, 7) is 0. The van der Waals surface area contributed by atoms with Gasteiger partial charge in [-0.3, -0.25) is 0 Å². The lowest BCUT2D eigenvalue weighted by molar-refractivity contribution is 1.07. The fourth-order valence-corrected chi connectivity index (χ4v) is 8.19. The molecule has 0 N–H and O–H groups in total. The van der Waals surface area contributed by atoms with Crippen molar-refractivity contribution in [3.63, 3.8) is 0 Å². The van der Waals surface area contributed by atoms with Gasteiger partial charge >= 0.3 is 0 Å². The molecule has 0 spiro atoms. The molecule has 5 heteroatoms. The predicted molar refractivity (Wildman–Crippen MR) is 230 cm³/mol. The van der Waals surface area contributed by atoms with E-state index in [1.807, 2.05) is 60.7 Å².